The maximum Gasteiger partial charge on any atom is 0.262 e. The molecule has 1 aliphatic rings. The van der Waals surface area contributed by atoms with Gasteiger partial charge in [-0.3, -0.25) is 9.73 Å². The summed E-state index contributed by atoms with van der Waals surface area (Å²) in [5, 5.41) is 7.56. The first-order valence-corrected chi connectivity index (χ1v) is 12.0. The second-order valence-corrected chi connectivity index (χ2v) is 9.85. The molecule has 0 aromatic heterocycles. The summed E-state index contributed by atoms with van der Waals surface area (Å²) in [5.41, 5.74) is 2.35. The van der Waals surface area contributed by atoms with E-state index in [0.717, 1.165) is 11.3 Å². The maximum atomic E-state index is 12.7. The molecule has 0 saturated carbocycles. The van der Waals surface area contributed by atoms with Gasteiger partial charge in [-0.05, 0) is 54.1 Å². The molecule has 1 N–H and O–H groups in total. The molecule has 31 heavy (non-hydrogen) atoms. The Morgan fingerprint density at radius 1 is 0.935 bits per heavy atom. The summed E-state index contributed by atoms with van der Waals surface area (Å²) in [6, 6.07) is 22.9. The molecule has 5 nitrogen and oxygen atoms in total. The van der Waals surface area contributed by atoms with Crippen LogP contribution in [0.25, 0.3) is 0 Å². The Morgan fingerprint density at radius 3 is 2.13 bits per heavy atom. The fraction of sp³-hybridized carbons (Fsp3) is 0.0909. The van der Waals surface area contributed by atoms with Gasteiger partial charge in [-0.2, -0.15) is 5.10 Å². The van der Waals surface area contributed by atoms with E-state index in [1.807, 2.05) is 47.5 Å². The van der Waals surface area contributed by atoms with Gasteiger partial charge in [0.2, 0.25) is 0 Å². The molecular formula is C22H17Cl2N3O2S2. The minimum absolute atomic E-state index is 0.0624. The number of sulfonamides is 1. The standard InChI is InChI=1S/C22H17Cl2N3O2S2/c23-16-6-10-18(11-7-16)27-21(15-4-2-1-3-5-15)14-20(25-27)22(30)26-31(28,29)19-12-8-17(24)9-13-19/h1-13,21H,14H2,(H,26,30)/t21-/m1/s1. The largest absolute Gasteiger partial charge is 0.268 e. The molecule has 0 amide bonds. The van der Waals surface area contributed by atoms with Crippen molar-refractivity contribution in [3.63, 3.8) is 0 Å². The number of benzene rings is 3. The van der Waals surface area contributed by atoms with Crippen molar-refractivity contribution < 1.29 is 8.42 Å². The van der Waals surface area contributed by atoms with Crippen LogP contribution in [0.15, 0.2) is 88.9 Å². The molecule has 0 saturated heterocycles. The van der Waals surface area contributed by atoms with E-state index >= 15 is 0 Å². The van der Waals surface area contributed by atoms with Crippen molar-refractivity contribution in [2.45, 2.75) is 17.4 Å². The lowest BCUT2D eigenvalue weighted by Gasteiger charge is -2.24. The first-order chi connectivity index (χ1) is 14.8. The van der Waals surface area contributed by atoms with Crippen LogP contribution in [0.1, 0.15) is 18.0 Å². The van der Waals surface area contributed by atoms with E-state index in [9.17, 15) is 8.42 Å². The van der Waals surface area contributed by atoms with E-state index in [2.05, 4.69) is 9.82 Å². The van der Waals surface area contributed by atoms with Gasteiger partial charge in [-0.25, -0.2) is 8.42 Å². The molecule has 0 bridgehead atoms. The van der Waals surface area contributed by atoms with Crippen molar-refractivity contribution in [3.8, 4) is 0 Å². The van der Waals surface area contributed by atoms with E-state index in [-0.39, 0.29) is 15.9 Å². The molecular weight excluding hydrogens is 473 g/mol. The third kappa shape index (κ3) is 4.91. The van der Waals surface area contributed by atoms with Gasteiger partial charge >= 0.3 is 0 Å². The number of hydrogen-bond donors (Lipinski definition) is 1. The Hall–Kier alpha value is -2.45. The van der Waals surface area contributed by atoms with Crippen LogP contribution in [0.4, 0.5) is 5.69 Å². The summed E-state index contributed by atoms with van der Waals surface area (Å²) < 4.78 is 27.9. The third-order valence-electron chi connectivity index (χ3n) is 4.80. The topological polar surface area (TPSA) is 61.8 Å². The molecule has 4 rings (SSSR count). The Labute approximate surface area is 196 Å². The SMILES string of the molecule is O=S(=O)(NC(=S)C1=NN(c2ccc(Cl)cc2)[C@@H](c2ccccc2)C1)c1ccc(Cl)cc1. The highest BCUT2D eigenvalue weighted by molar-refractivity contribution is 7.92. The lowest BCUT2D eigenvalue weighted by molar-refractivity contribution is 0.593. The highest BCUT2D eigenvalue weighted by atomic mass is 35.5. The number of halogens is 2. The molecule has 158 valence electrons. The van der Waals surface area contributed by atoms with Crippen molar-refractivity contribution >= 4 is 61.8 Å². The molecule has 0 unspecified atom stereocenters. The summed E-state index contributed by atoms with van der Waals surface area (Å²) in [6.45, 7) is 0. The quantitative estimate of drug-likeness (QED) is 0.473. The molecule has 1 aliphatic heterocycles. The van der Waals surface area contributed by atoms with Crippen LogP contribution in [0.2, 0.25) is 10.0 Å². The van der Waals surface area contributed by atoms with Gasteiger partial charge in [-0.15, -0.1) is 0 Å². The Bertz CT molecular complexity index is 1230. The Kier molecular flexibility index (Phi) is 6.29. The van der Waals surface area contributed by atoms with Gasteiger partial charge in [0, 0.05) is 16.5 Å². The van der Waals surface area contributed by atoms with E-state index < -0.39 is 10.0 Å². The predicted molar refractivity (Wildman–Crippen MR) is 130 cm³/mol. The number of thiocarbonyl (C=S) groups is 1. The van der Waals surface area contributed by atoms with Crippen LogP contribution in [0, 0.1) is 0 Å². The van der Waals surface area contributed by atoms with Gasteiger partial charge in [-0.1, -0.05) is 65.8 Å². The first kappa shape index (κ1) is 21.8. The van der Waals surface area contributed by atoms with Crippen LogP contribution < -0.4 is 9.73 Å². The molecule has 0 aliphatic carbocycles. The van der Waals surface area contributed by atoms with Gasteiger partial charge in [0.05, 0.1) is 22.3 Å². The van der Waals surface area contributed by atoms with Crippen LogP contribution in [0.3, 0.4) is 0 Å². The molecule has 0 fully saturated rings. The van der Waals surface area contributed by atoms with E-state index in [0.29, 0.717) is 22.2 Å². The lowest BCUT2D eigenvalue weighted by atomic mass is 10.0. The average Bonchev–Trinajstić information content (AvgIpc) is 3.21. The highest BCUT2D eigenvalue weighted by Crippen LogP contribution is 2.35. The highest BCUT2D eigenvalue weighted by Gasteiger charge is 2.32. The second-order valence-electron chi connectivity index (χ2n) is 6.89. The van der Waals surface area contributed by atoms with Crippen molar-refractivity contribution in [2.75, 3.05) is 5.01 Å². The Balaban J connectivity index is 1.62. The number of hydrogen-bond acceptors (Lipinski definition) is 5. The Morgan fingerprint density at radius 2 is 1.52 bits per heavy atom. The number of rotatable bonds is 5. The molecule has 1 heterocycles. The molecule has 9 heteroatoms. The van der Waals surface area contributed by atoms with Crippen LogP contribution in [-0.2, 0) is 10.0 Å². The van der Waals surface area contributed by atoms with Gasteiger partial charge < -0.3 is 0 Å². The monoisotopic (exact) mass is 489 g/mol. The zero-order valence-electron chi connectivity index (χ0n) is 16.1. The van der Waals surface area contributed by atoms with Crippen molar-refractivity contribution in [3.05, 3.63) is 94.5 Å². The first-order valence-electron chi connectivity index (χ1n) is 9.33. The van der Waals surface area contributed by atoms with Crippen molar-refractivity contribution in [1.29, 1.82) is 0 Å². The molecule has 3 aromatic rings. The average molecular weight is 490 g/mol. The molecule has 0 spiro atoms. The second kappa shape index (κ2) is 8.96. The normalized spacial score (nSPS) is 16.1. The van der Waals surface area contributed by atoms with Gasteiger partial charge in [0.1, 0.15) is 4.99 Å². The van der Waals surface area contributed by atoms with Crippen LogP contribution >= 0.6 is 35.4 Å². The zero-order chi connectivity index (χ0) is 22.0. The third-order valence-corrected chi connectivity index (χ3v) is 7.14. The summed E-state index contributed by atoms with van der Waals surface area (Å²) in [4.78, 5) is 0.138. The van der Waals surface area contributed by atoms with Crippen LogP contribution in [0.5, 0.6) is 0 Å². The number of nitrogens with zero attached hydrogens (tertiary/aromatic N) is 2. The molecule has 1 atom stereocenters. The fourth-order valence-corrected chi connectivity index (χ4v) is 4.95. The van der Waals surface area contributed by atoms with E-state index in [4.69, 9.17) is 35.4 Å². The smallest absolute Gasteiger partial charge is 0.262 e. The summed E-state index contributed by atoms with van der Waals surface area (Å²) in [6.07, 6.45) is 0.453. The number of anilines is 1. The molecule has 3 aromatic carbocycles. The maximum absolute atomic E-state index is 12.7. The van der Waals surface area contributed by atoms with E-state index in [1.165, 1.54) is 24.3 Å². The number of hydrazone groups is 1. The van der Waals surface area contributed by atoms with Gasteiger partial charge in [0.15, 0.2) is 0 Å². The lowest BCUT2D eigenvalue weighted by Crippen LogP contribution is -2.34. The fourth-order valence-electron chi connectivity index (χ4n) is 3.27. The molecule has 0 radical (unpaired) electrons. The summed E-state index contributed by atoms with van der Waals surface area (Å²) in [7, 11) is -3.85. The van der Waals surface area contributed by atoms with Crippen LogP contribution in [-0.4, -0.2) is 19.1 Å². The summed E-state index contributed by atoms with van der Waals surface area (Å²) >= 11 is 17.3. The van der Waals surface area contributed by atoms with Crippen molar-refractivity contribution in [1.82, 2.24) is 4.72 Å². The zero-order valence-corrected chi connectivity index (χ0v) is 19.2. The van der Waals surface area contributed by atoms with Gasteiger partial charge in [0.25, 0.3) is 10.0 Å². The summed E-state index contributed by atoms with van der Waals surface area (Å²) in [5.74, 6) is 0. The van der Waals surface area contributed by atoms with Crippen molar-refractivity contribution in [2.24, 2.45) is 5.10 Å². The minimum Gasteiger partial charge on any atom is -0.268 e. The minimum atomic E-state index is -3.85. The predicted octanol–water partition coefficient (Wildman–Crippen LogP) is 5.61. The number of nitrogens with one attached hydrogen (secondary N) is 1. The van der Waals surface area contributed by atoms with E-state index in [1.54, 1.807) is 12.1 Å².